The van der Waals surface area contributed by atoms with Crippen LogP contribution in [-0.2, 0) is 22.2 Å². The molecule has 0 radical (unpaired) electrons. The maximum absolute atomic E-state index is 12.7. The van der Waals surface area contributed by atoms with Crippen LogP contribution in [0.5, 0.6) is 0 Å². The summed E-state index contributed by atoms with van der Waals surface area (Å²) in [5, 5.41) is 3.98. The van der Waals surface area contributed by atoms with Gasteiger partial charge in [0.15, 0.2) is 0 Å². The quantitative estimate of drug-likeness (QED) is 0.486. The third-order valence-electron chi connectivity index (χ3n) is 4.49. The Bertz CT molecular complexity index is 1240. The highest BCUT2D eigenvalue weighted by atomic mass is 32.2. The number of para-hydroxylation sites is 1. The number of aromatic nitrogens is 3. The molecule has 0 aliphatic heterocycles. The van der Waals surface area contributed by atoms with Crippen LogP contribution >= 0.6 is 0 Å². The molecule has 2 heterocycles. The molecule has 0 saturated carbocycles. The molecule has 0 aliphatic rings. The van der Waals surface area contributed by atoms with Crippen LogP contribution in [0, 0.1) is 6.92 Å². The standard InChI is InChI=1S/C22H20N4O3S/c1-16-8-10-17(11-9-16)15-30(27,28)26-20-7-3-2-5-18(20)13-21-24-22(25-29-21)19-6-4-12-23-14-19/h2-12,14,26H,13,15H2,1H3. The van der Waals surface area contributed by atoms with E-state index in [0.29, 0.717) is 23.8 Å². The SMILES string of the molecule is Cc1ccc(CS(=O)(=O)Nc2ccccc2Cc2nc(-c3cccnc3)no2)cc1. The number of benzene rings is 2. The van der Waals surface area contributed by atoms with E-state index in [9.17, 15) is 8.42 Å². The fraction of sp³-hybridized carbons (Fsp3) is 0.136. The van der Waals surface area contributed by atoms with Crippen molar-refractivity contribution < 1.29 is 12.9 Å². The first-order valence-corrected chi connectivity index (χ1v) is 11.0. The summed E-state index contributed by atoms with van der Waals surface area (Å²) in [6.07, 6.45) is 3.63. The molecule has 1 N–H and O–H groups in total. The van der Waals surface area contributed by atoms with E-state index in [0.717, 1.165) is 22.3 Å². The first-order valence-electron chi connectivity index (χ1n) is 9.35. The molecule has 8 heteroatoms. The van der Waals surface area contributed by atoms with E-state index in [1.807, 2.05) is 49.4 Å². The largest absolute Gasteiger partial charge is 0.339 e. The van der Waals surface area contributed by atoms with Gasteiger partial charge in [0.1, 0.15) is 0 Å². The molecule has 0 atom stereocenters. The molecule has 0 amide bonds. The summed E-state index contributed by atoms with van der Waals surface area (Å²) < 4.78 is 33.4. The molecule has 2 aromatic heterocycles. The molecule has 30 heavy (non-hydrogen) atoms. The van der Waals surface area contributed by atoms with Crippen LogP contribution in [0.15, 0.2) is 77.6 Å². The van der Waals surface area contributed by atoms with Crippen LogP contribution in [0.25, 0.3) is 11.4 Å². The fourth-order valence-corrected chi connectivity index (χ4v) is 4.22. The van der Waals surface area contributed by atoms with E-state index in [1.165, 1.54) is 0 Å². The summed E-state index contributed by atoms with van der Waals surface area (Å²) in [5.41, 5.74) is 3.79. The Morgan fingerprint density at radius 1 is 1.00 bits per heavy atom. The molecule has 0 bridgehead atoms. The predicted molar refractivity (Wildman–Crippen MR) is 114 cm³/mol. The fourth-order valence-electron chi connectivity index (χ4n) is 2.98. The van der Waals surface area contributed by atoms with E-state index in [4.69, 9.17) is 4.52 Å². The van der Waals surface area contributed by atoms with Crippen molar-refractivity contribution in [2.45, 2.75) is 19.1 Å². The van der Waals surface area contributed by atoms with E-state index >= 15 is 0 Å². The van der Waals surface area contributed by atoms with Gasteiger partial charge in [-0.2, -0.15) is 4.98 Å². The Labute approximate surface area is 174 Å². The van der Waals surface area contributed by atoms with Crippen molar-refractivity contribution in [2.75, 3.05) is 4.72 Å². The number of rotatable bonds is 7. The minimum Gasteiger partial charge on any atom is -0.339 e. The minimum absolute atomic E-state index is 0.104. The molecular formula is C22H20N4O3S. The molecule has 4 rings (SSSR count). The second-order valence-corrected chi connectivity index (χ2v) is 8.66. The number of pyridine rings is 1. The number of aryl methyl sites for hydroxylation is 1. The van der Waals surface area contributed by atoms with Crippen molar-refractivity contribution >= 4 is 15.7 Å². The van der Waals surface area contributed by atoms with Gasteiger partial charge in [0.2, 0.25) is 21.7 Å². The molecule has 0 spiro atoms. The van der Waals surface area contributed by atoms with Gasteiger partial charge in [0, 0.05) is 18.0 Å². The van der Waals surface area contributed by atoms with Crippen LogP contribution < -0.4 is 4.72 Å². The topological polar surface area (TPSA) is 98.0 Å². The smallest absolute Gasteiger partial charge is 0.236 e. The van der Waals surface area contributed by atoms with Crippen molar-refractivity contribution in [3.63, 3.8) is 0 Å². The second kappa shape index (κ2) is 8.46. The highest BCUT2D eigenvalue weighted by Crippen LogP contribution is 2.22. The van der Waals surface area contributed by atoms with Crippen LogP contribution in [-0.4, -0.2) is 23.5 Å². The van der Waals surface area contributed by atoms with Crippen LogP contribution in [0.4, 0.5) is 5.69 Å². The second-order valence-electron chi connectivity index (χ2n) is 6.93. The number of nitrogens with zero attached hydrogens (tertiary/aromatic N) is 3. The van der Waals surface area contributed by atoms with Crippen molar-refractivity contribution in [3.05, 3.63) is 95.6 Å². The summed E-state index contributed by atoms with van der Waals surface area (Å²) in [6, 6.07) is 18.2. The van der Waals surface area contributed by atoms with Gasteiger partial charge in [-0.3, -0.25) is 9.71 Å². The summed E-state index contributed by atoms with van der Waals surface area (Å²) in [5.74, 6) is 0.724. The maximum atomic E-state index is 12.7. The zero-order chi connectivity index (χ0) is 21.0. The van der Waals surface area contributed by atoms with Gasteiger partial charge in [-0.1, -0.05) is 53.2 Å². The Morgan fingerprint density at radius 3 is 2.57 bits per heavy atom. The van der Waals surface area contributed by atoms with Gasteiger partial charge in [-0.15, -0.1) is 0 Å². The summed E-state index contributed by atoms with van der Waals surface area (Å²) >= 11 is 0. The predicted octanol–water partition coefficient (Wildman–Crippen LogP) is 3.97. The van der Waals surface area contributed by atoms with Crippen molar-refractivity contribution in [3.8, 4) is 11.4 Å². The molecule has 0 saturated heterocycles. The first-order chi connectivity index (χ1) is 14.5. The van der Waals surface area contributed by atoms with Gasteiger partial charge < -0.3 is 4.52 Å². The molecule has 0 unspecified atom stereocenters. The van der Waals surface area contributed by atoms with Crippen molar-refractivity contribution in [1.82, 2.24) is 15.1 Å². The number of nitrogens with one attached hydrogen (secondary N) is 1. The van der Waals surface area contributed by atoms with E-state index in [-0.39, 0.29) is 5.75 Å². The third-order valence-corrected chi connectivity index (χ3v) is 5.73. The van der Waals surface area contributed by atoms with Gasteiger partial charge in [-0.25, -0.2) is 8.42 Å². The molecule has 7 nitrogen and oxygen atoms in total. The summed E-state index contributed by atoms with van der Waals surface area (Å²) in [4.78, 5) is 8.44. The number of hydrogen-bond donors (Lipinski definition) is 1. The van der Waals surface area contributed by atoms with Gasteiger partial charge >= 0.3 is 0 Å². The number of sulfonamides is 1. The van der Waals surface area contributed by atoms with E-state index in [2.05, 4.69) is 19.8 Å². The van der Waals surface area contributed by atoms with E-state index in [1.54, 1.807) is 30.6 Å². The van der Waals surface area contributed by atoms with Gasteiger partial charge in [0.25, 0.3) is 0 Å². The lowest BCUT2D eigenvalue weighted by Crippen LogP contribution is -2.16. The lowest BCUT2D eigenvalue weighted by atomic mass is 10.1. The maximum Gasteiger partial charge on any atom is 0.236 e. The van der Waals surface area contributed by atoms with Gasteiger partial charge in [0.05, 0.1) is 17.9 Å². The normalized spacial score (nSPS) is 11.4. The van der Waals surface area contributed by atoms with Crippen LogP contribution in [0.3, 0.4) is 0 Å². The average molecular weight is 420 g/mol. The van der Waals surface area contributed by atoms with E-state index < -0.39 is 10.0 Å². The Morgan fingerprint density at radius 2 is 1.80 bits per heavy atom. The van der Waals surface area contributed by atoms with Crippen molar-refractivity contribution in [2.24, 2.45) is 0 Å². The highest BCUT2D eigenvalue weighted by Gasteiger charge is 2.16. The first kappa shape index (κ1) is 19.8. The molecule has 2 aromatic carbocycles. The van der Waals surface area contributed by atoms with Crippen molar-refractivity contribution in [1.29, 1.82) is 0 Å². The number of hydrogen-bond acceptors (Lipinski definition) is 6. The Kier molecular flexibility index (Phi) is 5.58. The third kappa shape index (κ3) is 4.90. The summed E-state index contributed by atoms with van der Waals surface area (Å²) in [7, 11) is -3.58. The summed E-state index contributed by atoms with van der Waals surface area (Å²) in [6.45, 7) is 1.96. The highest BCUT2D eigenvalue weighted by molar-refractivity contribution is 7.91. The van der Waals surface area contributed by atoms with Crippen LogP contribution in [0.2, 0.25) is 0 Å². The lowest BCUT2D eigenvalue weighted by Gasteiger charge is -2.12. The van der Waals surface area contributed by atoms with Crippen LogP contribution in [0.1, 0.15) is 22.6 Å². The Hall–Kier alpha value is -3.52. The lowest BCUT2D eigenvalue weighted by molar-refractivity contribution is 0.386. The Balaban J connectivity index is 1.51. The number of anilines is 1. The molecule has 152 valence electrons. The zero-order valence-electron chi connectivity index (χ0n) is 16.3. The molecule has 4 aromatic rings. The monoisotopic (exact) mass is 420 g/mol. The average Bonchev–Trinajstić information content (AvgIpc) is 3.20. The molecule has 0 aliphatic carbocycles. The molecule has 0 fully saturated rings. The molecular weight excluding hydrogens is 400 g/mol. The van der Waals surface area contributed by atoms with Gasteiger partial charge in [-0.05, 0) is 36.2 Å². The zero-order valence-corrected chi connectivity index (χ0v) is 17.1. The minimum atomic E-state index is -3.58.